The minimum Gasteiger partial charge on any atom is -0.433 e. The van der Waals surface area contributed by atoms with Crippen molar-refractivity contribution in [2.45, 2.75) is 19.1 Å². The first-order valence-electron chi connectivity index (χ1n) is 10.5. The normalized spacial score (nSPS) is 14.8. The zero-order chi connectivity index (χ0) is 26.2. The van der Waals surface area contributed by atoms with Crippen LogP contribution in [0, 0.1) is 0 Å². The van der Waals surface area contributed by atoms with E-state index in [0.717, 1.165) is 17.4 Å². The van der Waals surface area contributed by atoms with E-state index in [1.54, 1.807) is 0 Å². The molecule has 9 nitrogen and oxygen atoms in total. The molecule has 15 heteroatoms. The van der Waals surface area contributed by atoms with Crippen molar-refractivity contribution in [3.05, 3.63) is 39.5 Å². The molecule has 2 heterocycles. The van der Waals surface area contributed by atoms with Gasteiger partial charge in [0.1, 0.15) is 12.6 Å². The van der Waals surface area contributed by atoms with Gasteiger partial charge in [-0.15, -0.1) is 11.3 Å². The Morgan fingerprint density at radius 3 is 2.58 bits per heavy atom. The Kier molecular flexibility index (Phi) is 9.87. The first-order chi connectivity index (χ1) is 17.1. The number of nitrogens with zero attached hydrogens (tertiary/aromatic N) is 1. The molecule has 1 aliphatic rings. The molecule has 3 amide bonds. The highest BCUT2D eigenvalue weighted by atomic mass is 35.5. The smallest absolute Gasteiger partial charge is 0.387 e. The van der Waals surface area contributed by atoms with Crippen LogP contribution in [0.25, 0.3) is 0 Å². The van der Waals surface area contributed by atoms with E-state index in [1.165, 1.54) is 29.2 Å². The molecule has 0 radical (unpaired) electrons. The molecule has 0 bridgehead atoms. The van der Waals surface area contributed by atoms with Gasteiger partial charge in [0, 0.05) is 24.8 Å². The molecule has 0 unspecified atom stereocenters. The lowest BCUT2D eigenvalue weighted by Crippen LogP contribution is -2.49. The molecule has 1 aromatic heterocycles. The molecular weight excluding hydrogens is 532 g/mol. The maximum absolute atomic E-state index is 13.0. The molecule has 1 aliphatic heterocycles. The van der Waals surface area contributed by atoms with Crippen molar-refractivity contribution in [1.29, 1.82) is 0 Å². The summed E-state index contributed by atoms with van der Waals surface area (Å²) in [4.78, 5) is 38.6. The van der Waals surface area contributed by atoms with Gasteiger partial charge in [0.05, 0.1) is 28.1 Å². The number of amides is 3. The minimum atomic E-state index is -3.22. The highest BCUT2D eigenvalue weighted by molar-refractivity contribution is 7.18. The van der Waals surface area contributed by atoms with Crippen LogP contribution in [-0.2, 0) is 14.3 Å². The van der Waals surface area contributed by atoms with Gasteiger partial charge in [-0.2, -0.15) is 8.78 Å². The predicted molar refractivity (Wildman–Crippen MR) is 124 cm³/mol. The molecule has 1 atom stereocenters. The van der Waals surface area contributed by atoms with E-state index in [2.05, 4.69) is 20.7 Å². The van der Waals surface area contributed by atoms with Crippen LogP contribution in [0.5, 0.6) is 5.75 Å². The average molecular weight is 553 g/mol. The molecule has 0 aliphatic carbocycles. The molecule has 1 saturated heterocycles. The van der Waals surface area contributed by atoms with Crippen molar-refractivity contribution < 1.29 is 41.4 Å². The third-order valence-corrected chi connectivity index (χ3v) is 6.05. The van der Waals surface area contributed by atoms with Gasteiger partial charge in [0.15, 0.2) is 5.75 Å². The number of benzene rings is 1. The fourth-order valence-electron chi connectivity index (χ4n) is 3.21. The Hall–Kier alpha value is -2.94. The number of carbonyl (C=O) groups is 3. The quantitative estimate of drug-likeness (QED) is 0.370. The number of halogens is 5. The number of hydrogen-bond acceptors (Lipinski definition) is 7. The largest absolute Gasteiger partial charge is 0.433 e. The zero-order valence-electron chi connectivity index (χ0n) is 18.4. The standard InChI is InChI=1S/C21H21ClF4N4O5S/c22-16-4-3-15(36-16)20(33)28-8-12(27-9-17(23)24)19(32)29-11-1-2-13(14(7-11)35-21(25)26)30-5-6-34-10-18(30)31/h1-4,7,12,17,21,27H,5-6,8-10H2,(H,28,33)(H,29,32)/t12-/m1/s1. The number of hydrogen-bond donors (Lipinski definition) is 3. The van der Waals surface area contributed by atoms with Gasteiger partial charge in [-0.05, 0) is 24.3 Å². The van der Waals surface area contributed by atoms with Crippen LogP contribution in [0.15, 0.2) is 30.3 Å². The van der Waals surface area contributed by atoms with Gasteiger partial charge in [-0.25, -0.2) is 8.78 Å². The highest BCUT2D eigenvalue weighted by Crippen LogP contribution is 2.33. The molecule has 3 N–H and O–H groups in total. The Morgan fingerprint density at radius 1 is 1.17 bits per heavy atom. The molecule has 0 spiro atoms. The second-order valence-corrected chi connectivity index (χ2v) is 9.03. The van der Waals surface area contributed by atoms with Crippen molar-refractivity contribution in [3.63, 3.8) is 0 Å². The molecular formula is C21H21ClF4N4O5S. The number of alkyl halides is 4. The molecule has 2 aromatic rings. The summed E-state index contributed by atoms with van der Waals surface area (Å²) in [7, 11) is 0. The van der Waals surface area contributed by atoms with Crippen molar-refractivity contribution in [3.8, 4) is 5.75 Å². The molecule has 1 aromatic carbocycles. The highest BCUT2D eigenvalue weighted by Gasteiger charge is 2.26. The lowest BCUT2D eigenvalue weighted by Gasteiger charge is -2.28. The summed E-state index contributed by atoms with van der Waals surface area (Å²) in [5.74, 6) is -2.22. The number of nitrogens with one attached hydrogen (secondary N) is 3. The summed E-state index contributed by atoms with van der Waals surface area (Å²) in [6, 6.07) is 5.41. The van der Waals surface area contributed by atoms with Crippen molar-refractivity contribution in [2.75, 3.05) is 43.1 Å². The fraction of sp³-hybridized carbons (Fsp3) is 0.381. The number of carbonyl (C=O) groups excluding carboxylic acids is 3. The van der Waals surface area contributed by atoms with Crippen LogP contribution >= 0.6 is 22.9 Å². The Morgan fingerprint density at radius 2 is 1.94 bits per heavy atom. The van der Waals surface area contributed by atoms with Gasteiger partial charge in [0.2, 0.25) is 5.91 Å². The first kappa shape index (κ1) is 27.6. The van der Waals surface area contributed by atoms with Gasteiger partial charge in [0.25, 0.3) is 18.2 Å². The first-order valence-corrected chi connectivity index (χ1v) is 11.7. The van der Waals surface area contributed by atoms with E-state index in [1.807, 2.05) is 0 Å². The van der Waals surface area contributed by atoms with Gasteiger partial charge >= 0.3 is 6.61 Å². The number of anilines is 2. The van der Waals surface area contributed by atoms with Gasteiger partial charge in [-0.3, -0.25) is 19.7 Å². The van der Waals surface area contributed by atoms with Gasteiger partial charge < -0.3 is 25.0 Å². The van der Waals surface area contributed by atoms with Crippen molar-refractivity contribution in [2.24, 2.45) is 0 Å². The molecule has 0 saturated carbocycles. The van der Waals surface area contributed by atoms with E-state index in [9.17, 15) is 31.9 Å². The van der Waals surface area contributed by atoms with E-state index < -0.39 is 43.3 Å². The SMILES string of the molecule is O=C(NC[C@@H](NCC(F)F)C(=O)Nc1ccc(N2CCOCC2=O)c(OC(F)F)c1)c1ccc(Cl)s1. The lowest BCUT2D eigenvalue weighted by atomic mass is 10.2. The lowest BCUT2D eigenvalue weighted by molar-refractivity contribution is -0.125. The number of ether oxygens (including phenoxy) is 2. The van der Waals surface area contributed by atoms with E-state index in [4.69, 9.17) is 16.3 Å². The summed E-state index contributed by atoms with van der Waals surface area (Å²) in [5, 5.41) is 7.23. The summed E-state index contributed by atoms with van der Waals surface area (Å²) in [6.07, 6.45) is -2.77. The third-order valence-electron chi connectivity index (χ3n) is 4.82. The van der Waals surface area contributed by atoms with Crippen LogP contribution in [0.2, 0.25) is 4.34 Å². The summed E-state index contributed by atoms with van der Waals surface area (Å²) in [6.45, 7) is -4.33. The molecule has 3 rings (SSSR count). The average Bonchev–Trinajstić information content (AvgIpc) is 3.25. The van der Waals surface area contributed by atoms with Crippen LogP contribution < -0.4 is 25.6 Å². The second-order valence-electron chi connectivity index (χ2n) is 7.31. The van der Waals surface area contributed by atoms with E-state index in [0.29, 0.717) is 4.34 Å². The monoisotopic (exact) mass is 552 g/mol. The molecule has 36 heavy (non-hydrogen) atoms. The summed E-state index contributed by atoms with van der Waals surface area (Å²) >= 11 is 6.80. The predicted octanol–water partition coefficient (Wildman–Crippen LogP) is 2.96. The third kappa shape index (κ3) is 7.78. The van der Waals surface area contributed by atoms with Crippen LogP contribution in [0.3, 0.4) is 0 Å². The summed E-state index contributed by atoms with van der Waals surface area (Å²) in [5.41, 5.74) is 0.0520. The van der Waals surface area contributed by atoms with E-state index >= 15 is 0 Å². The van der Waals surface area contributed by atoms with Gasteiger partial charge in [-0.1, -0.05) is 11.6 Å². The number of morpholine rings is 1. The second kappa shape index (κ2) is 12.9. The maximum Gasteiger partial charge on any atom is 0.387 e. The van der Waals surface area contributed by atoms with Crippen LogP contribution in [0.4, 0.5) is 28.9 Å². The summed E-state index contributed by atoms with van der Waals surface area (Å²) < 4.78 is 61.5. The zero-order valence-corrected chi connectivity index (χ0v) is 20.0. The fourth-order valence-corrected chi connectivity index (χ4v) is 4.17. The van der Waals surface area contributed by atoms with Crippen molar-refractivity contribution in [1.82, 2.24) is 10.6 Å². The van der Waals surface area contributed by atoms with Crippen molar-refractivity contribution >= 4 is 52.0 Å². The Balaban J connectivity index is 1.74. The Bertz CT molecular complexity index is 1090. The Labute approximate surface area is 211 Å². The molecule has 1 fully saturated rings. The van der Waals surface area contributed by atoms with Crippen LogP contribution in [0.1, 0.15) is 9.67 Å². The topological polar surface area (TPSA) is 109 Å². The number of rotatable bonds is 11. The van der Waals surface area contributed by atoms with E-state index in [-0.39, 0.29) is 48.3 Å². The molecule has 196 valence electrons. The minimum absolute atomic E-state index is 0.000297. The van der Waals surface area contributed by atoms with Crippen LogP contribution in [-0.4, -0.2) is 69.6 Å². The number of thiophene rings is 1. The maximum atomic E-state index is 13.0.